The number of nitrogens with one attached hydrogen (secondary N) is 1. The molecule has 0 bridgehead atoms. The van der Waals surface area contributed by atoms with Crippen molar-refractivity contribution in [3.05, 3.63) is 63.6 Å². The number of amides is 1. The Bertz CT molecular complexity index is 876. The Labute approximate surface area is 171 Å². The first-order valence-electron chi connectivity index (χ1n) is 8.62. The van der Waals surface area contributed by atoms with Gasteiger partial charge in [-0.05, 0) is 58.8 Å². The van der Waals surface area contributed by atoms with Gasteiger partial charge in [-0.25, -0.2) is 0 Å². The summed E-state index contributed by atoms with van der Waals surface area (Å²) < 4.78 is 11.5. The van der Waals surface area contributed by atoms with E-state index in [4.69, 9.17) is 9.26 Å². The van der Waals surface area contributed by atoms with Crippen molar-refractivity contribution < 1.29 is 14.1 Å². The lowest BCUT2D eigenvalue weighted by Gasteiger charge is -2.05. The molecule has 6 nitrogen and oxygen atoms in total. The van der Waals surface area contributed by atoms with Crippen LogP contribution in [-0.2, 0) is 17.6 Å². The molecule has 0 atom stereocenters. The normalized spacial score (nSPS) is 10.6. The van der Waals surface area contributed by atoms with Crippen molar-refractivity contribution in [2.75, 3.05) is 13.7 Å². The summed E-state index contributed by atoms with van der Waals surface area (Å²) in [6.45, 7) is 0.586. The molecule has 1 heterocycles. The molecule has 27 heavy (non-hydrogen) atoms. The molecule has 0 unspecified atom stereocenters. The van der Waals surface area contributed by atoms with Crippen molar-refractivity contribution in [2.24, 2.45) is 0 Å². The van der Waals surface area contributed by atoms with Crippen molar-refractivity contribution >= 4 is 28.5 Å². The van der Waals surface area contributed by atoms with Crippen molar-refractivity contribution in [1.82, 2.24) is 15.5 Å². The molecule has 0 spiro atoms. The van der Waals surface area contributed by atoms with Crippen LogP contribution in [0.2, 0.25) is 0 Å². The van der Waals surface area contributed by atoms with E-state index in [0.29, 0.717) is 31.1 Å². The molecule has 1 aromatic heterocycles. The average molecular weight is 477 g/mol. The van der Waals surface area contributed by atoms with E-state index >= 15 is 0 Å². The SMILES string of the molecule is COc1ccc(CCNC(=O)CCc2nc(-c3ccc(I)cc3)no2)cc1. The topological polar surface area (TPSA) is 77.2 Å². The Morgan fingerprint density at radius 3 is 2.56 bits per heavy atom. The van der Waals surface area contributed by atoms with Crippen LogP contribution in [0, 0.1) is 3.57 Å². The minimum atomic E-state index is -0.0301. The third-order valence-electron chi connectivity index (χ3n) is 4.03. The minimum absolute atomic E-state index is 0.0301. The van der Waals surface area contributed by atoms with Gasteiger partial charge in [0.1, 0.15) is 5.75 Å². The zero-order valence-electron chi connectivity index (χ0n) is 14.9. The largest absolute Gasteiger partial charge is 0.497 e. The number of carbonyl (C=O) groups is 1. The highest BCUT2D eigenvalue weighted by Gasteiger charge is 2.10. The molecule has 2 aromatic carbocycles. The van der Waals surface area contributed by atoms with Gasteiger partial charge in [0.25, 0.3) is 0 Å². The number of benzene rings is 2. The molecule has 1 amide bonds. The highest BCUT2D eigenvalue weighted by atomic mass is 127. The summed E-state index contributed by atoms with van der Waals surface area (Å²) in [7, 11) is 1.64. The smallest absolute Gasteiger partial charge is 0.227 e. The van der Waals surface area contributed by atoms with E-state index in [0.717, 1.165) is 26.9 Å². The quantitative estimate of drug-likeness (QED) is 0.502. The third kappa shape index (κ3) is 5.78. The number of nitrogens with zero attached hydrogens (tertiary/aromatic N) is 2. The first kappa shape index (κ1) is 19.3. The van der Waals surface area contributed by atoms with E-state index in [2.05, 4.69) is 38.0 Å². The van der Waals surface area contributed by atoms with Crippen LogP contribution in [0.5, 0.6) is 5.75 Å². The maximum Gasteiger partial charge on any atom is 0.227 e. The number of carbonyl (C=O) groups excluding carboxylic acids is 1. The van der Waals surface area contributed by atoms with Crippen LogP contribution in [0.4, 0.5) is 0 Å². The molecule has 0 aliphatic rings. The van der Waals surface area contributed by atoms with E-state index in [1.54, 1.807) is 7.11 Å². The second-order valence-corrected chi connectivity index (χ2v) is 7.21. The van der Waals surface area contributed by atoms with Gasteiger partial charge in [-0.1, -0.05) is 29.4 Å². The molecule has 1 N–H and O–H groups in total. The lowest BCUT2D eigenvalue weighted by atomic mass is 10.1. The van der Waals surface area contributed by atoms with Gasteiger partial charge in [-0.2, -0.15) is 4.98 Å². The maximum absolute atomic E-state index is 12.0. The maximum atomic E-state index is 12.0. The molecule has 0 aliphatic carbocycles. The second kappa shape index (κ2) is 9.50. The predicted octanol–water partition coefficient (Wildman–Crippen LogP) is 3.64. The van der Waals surface area contributed by atoms with Crippen LogP contribution in [0.3, 0.4) is 0 Å². The van der Waals surface area contributed by atoms with Gasteiger partial charge in [0.05, 0.1) is 7.11 Å². The van der Waals surface area contributed by atoms with Gasteiger partial charge in [0.15, 0.2) is 0 Å². The Balaban J connectivity index is 1.42. The summed E-state index contributed by atoms with van der Waals surface area (Å²) in [5.41, 5.74) is 2.05. The summed E-state index contributed by atoms with van der Waals surface area (Å²) in [5, 5.41) is 6.89. The number of methoxy groups -OCH3 is 1. The van der Waals surface area contributed by atoms with Gasteiger partial charge < -0.3 is 14.6 Å². The number of hydrogen-bond donors (Lipinski definition) is 1. The van der Waals surface area contributed by atoms with Crippen LogP contribution >= 0.6 is 22.6 Å². The number of halogens is 1. The van der Waals surface area contributed by atoms with Gasteiger partial charge >= 0.3 is 0 Å². The number of hydrogen-bond acceptors (Lipinski definition) is 5. The molecule has 0 saturated heterocycles. The van der Waals surface area contributed by atoms with Gasteiger partial charge in [0, 0.05) is 28.5 Å². The number of ether oxygens (including phenoxy) is 1. The zero-order valence-corrected chi connectivity index (χ0v) is 17.1. The summed E-state index contributed by atoms with van der Waals surface area (Å²) in [5.74, 6) is 1.81. The first-order chi connectivity index (χ1) is 13.1. The van der Waals surface area contributed by atoms with Crippen molar-refractivity contribution in [1.29, 1.82) is 0 Å². The van der Waals surface area contributed by atoms with E-state index in [-0.39, 0.29) is 5.91 Å². The Morgan fingerprint density at radius 1 is 1.11 bits per heavy atom. The van der Waals surface area contributed by atoms with Crippen molar-refractivity contribution in [2.45, 2.75) is 19.3 Å². The van der Waals surface area contributed by atoms with Crippen LogP contribution in [0.25, 0.3) is 11.4 Å². The number of aryl methyl sites for hydroxylation is 1. The van der Waals surface area contributed by atoms with Gasteiger partial charge in [-0.15, -0.1) is 0 Å². The average Bonchev–Trinajstić information content (AvgIpc) is 3.16. The zero-order chi connectivity index (χ0) is 19.1. The molecular weight excluding hydrogens is 457 g/mol. The highest BCUT2D eigenvalue weighted by Crippen LogP contribution is 2.17. The molecule has 0 radical (unpaired) electrons. The monoisotopic (exact) mass is 477 g/mol. The summed E-state index contributed by atoms with van der Waals surface area (Å²) in [4.78, 5) is 16.4. The van der Waals surface area contributed by atoms with E-state index in [1.807, 2.05) is 48.5 Å². The molecule has 0 fully saturated rings. The van der Waals surface area contributed by atoms with Crippen LogP contribution in [-0.4, -0.2) is 29.7 Å². The first-order valence-corrected chi connectivity index (χ1v) is 9.70. The van der Waals surface area contributed by atoms with Crippen molar-refractivity contribution in [3.8, 4) is 17.1 Å². The van der Waals surface area contributed by atoms with Crippen molar-refractivity contribution in [3.63, 3.8) is 0 Å². The van der Waals surface area contributed by atoms with Crippen LogP contribution < -0.4 is 10.1 Å². The highest BCUT2D eigenvalue weighted by molar-refractivity contribution is 14.1. The molecule has 7 heteroatoms. The van der Waals surface area contributed by atoms with Crippen LogP contribution in [0.1, 0.15) is 17.9 Å². The second-order valence-electron chi connectivity index (χ2n) is 5.97. The standard InChI is InChI=1S/C20H20IN3O3/c1-26-17-8-2-14(3-9-17)12-13-22-18(25)10-11-19-23-20(24-27-19)15-4-6-16(21)7-5-15/h2-9H,10-13H2,1H3,(H,22,25). The lowest BCUT2D eigenvalue weighted by molar-refractivity contribution is -0.121. The molecule has 0 aliphatic heterocycles. The molecule has 0 saturated carbocycles. The van der Waals surface area contributed by atoms with Gasteiger partial charge in [0.2, 0.25) is 17.6 Å². The minimum Gasteiger partial charge on any atom is -0.497 e. The summed E-state index contributed by atoms with van der Waals surface area (Å²) in [6.07, 6.45) is 1.51. The lowest BCUT2D eigenvalue weighted by Crippen LogP contribution is -2.25. The fourth-order valence-electron chi connectivity index (χ4n) is 2.52. The number of aromatic nitrogens is 2. The third-order valence-corrected chi connectivity index (χ3v) is 4.75. The summed E-state index contributed by atoms with van der Waals surface area (Å²) >= 11 is 2.24. The van der Waals surface area contributed by atoms with E-state index in [1.165, 1.54) is 0 Å². The van der Waals surface area contributed by atoms with E-state index < -0.39 is 0 Å². The molecule has 3 aromatic rings. The fraction of sp³-hybridized carbons (Fsp3) is 0.250. The van der Waals surface area contributed by atoms with Gasteiger partial charge in [-0.3, -0.25) is 4.79 Å². The number of rotatable bonds is 8. The predicted molar refractivity (Wildman–Crippen MR) is 110 cm³/mol. The summed E-state index contributed by atoms with van der Waals surface area (Å²) in [6, 6.07) is 15.7. The Kier molecular flexibility index (Phi) is 6.80. The Morgan fingerprint density at radius 2 is 1.85 bits per heavy atom. The molecule has 3 rings (SSSR count). The van der Waals surface area contributed by atoms with Crippen LogP contribution in [0.15, 0.2) is 53.1 Å². The Hall–Kier alpha value is -2.42. The van der Waals surface area contributed by atoms with E-state index in [9.17, 15) is 4.79 Å². The fourth-order valence-corrected chi connectivity index (χ4v) is 2.88. The molecular formula is C20H20IN3O3. The molecule has 140 valence electrons.